The molecule has 1 aromatic rings. The highest BCUT2D eigenvalue weighted by molar-refractivity contribution is 9.11. The minimum absolute atomic E-state index is 0.0255. The zero-order valence-corrected chi connectivity index (χ0v) is 22.1. The summed E-state index contributed by atoms with van der Waals surface area (Å²) in [7, 11) is 0. The fourth-order valence-corrected chi connectivity index (χ4v) is 6.89. The molecule has 6 aliphatic heterocycles. The monoisotopic (exact) mass is 580 g/mol. The summed E-state index contributed by atoms with van der Waals surface area (Å²) in [6.45, 7) is 3.94. The first-order valence-corrected chi connectivity index (χ1v) is 13.9. The average Bonchev–Trinajstić information content (AvgIpc) is 3.27. The summed E-state index contributed by atoms with van der Waals surface area (Å²) in [5, 5.41) is 20.8. The minimum atomic E-state index is -1.37. The lowest BCUT2D eigenvalue weighted by molar-refractivity contribution is -0.465. The number of aliphatic hydroxyl groups excluding tert-OH is 2. The SMILES string of the molecule is C=C(Br)C[C@@H](CC[C@@]12C[C@H]3OC4(O1)[C@@H](O)[C@H]1OC(CCO)CC[C@@H]1O[C@H]4[C@H]3O2)OC(=O)c1ccccc1. The van der Waals surface area contributed by atoms with E-state index >= 15 is 0 Å². The molecule has 10 atom stereocenters. The molecule has 0 aromatic heterocycles. The molecule has 1 spiro atoms. The fraction of sp³-hybridized carbons (Fsp3) is 0.667. The van der Waals surface area contributed by atoms with Gasteiger partial charge in [-0.05, 0) is 42.3 Å². The van der Waals surface area contributed by atoms with Gasteiger partial charge >= 0.3 is 5.97 Å². The van der Waals surface area contributed by atoms with Gasteiger partial charge in [-0.25, -0.2) is 4.79 Å². The minimum Gasteiger partial charge on any atom is -0.458 e. The van der Waals surface area contributed by atoms with Crippen molar-refractivity contribution in [2.75, 3.05) is 6.61 Å². The van der Waals surface area contributed by atoms with Crippen LogP contribution >= 0.6 is 15.9 Å². The molecule has 202 valence electrons. The maximum Gasteiger partial charge on any atom is 0.338 e. The zero-order valence-electron chi connectivity index (χ0n) is 20.5. The molecule has 6 fully saturated rings. The van der Waals surface area contributed by atoms with Crippen LogP contribution in [0.3, 0.4) is 0 Å². The molecule has 6 saturated heterocycles. The molecule has 4 bridgehead atoms. The maximum atomic E-state index is 12.7. The van der Waals surface area contributed by atoms with Crippen LogP contribution in [0.5, 0.6) is 0 Å². The second-order valence-electron chi connectivity index (χ2n) is 10.7. The summed E-state index contributed by atoms with van der Waals surface area (Å²) < 4.78 is 38.2. The van der Waals surface area contributed by atoms with Crippen LogP contribution < -0.4 is 0 Å². The lowest BCUT2D eigenvalue weighted by Gasteiger charge is -2.56. The molecule has 2 unspecified atom stereocenters. The Morgan fingerprint density at radius 1 is 1.16 bits per heavy atom. The van der Waals surface area contributed by atoms with E-state index < -0.39 is 42.0 Å². The molecule has 0 saturated carbocycles. The van der Waals surface area contributed by atoms with Gasteiger partial charge in [-0.1, -0.05) is 40.7 Å². The van der Waals surface area contributed by atoms with E-state index in [9.17, 15) is 15.0 Å². The van der Waals surface area contributed by atoms with E-state index in [2.05, 4.69) is 22.5 Å². The van der Waals surface area contributed by atoms with Crippen molar-refractivity contribution in [3.05, 3.63) is 47.0 Å². The maximum absolute atomic E-state index is 12.7. The van der Waals surface area contributed by atoms with Crippen molar-refractivity contribution in [2.24, 2.45) is 0 Å². The number of aliphatic hydroxyl groups is 2. The Kier molecular flexibility index (Phi) is 6.99. The predicted octanol–water partition coefficient (Wildman–Crippen LogP) is 2.96. The van der Waals surface area contributed by atoms with Crippen molar-refractivity contribution in [3.8, 4) is 0 Å². The number of fused-ring (bicyclic) bond motifs is 1. The van der Waals surface area contributed by atoms with Crippen LogP contribution in [0.4, 0.5) is 0 Å². The van der Waals surface area contributed by atoms with Crippen molar-refractivity contribution in [1.82, 2.24) is 0 Å². The molecule has 0 aliphatic carbocycles. The van der Waals surface area contributed by atoms with Crippen molar-refractivity contribution in [2.45, 2.75) is 105 Å². The number of esters is 1. The Bertz CT molecular complexity index is 1020. The van der Waals surface area contributed by atoms with Gasteiger partial charge in [0.25, 0.3) is 0 Å². The first kappa shape index (κ1) is 25.9. The van der Waals surface area contributed by atoms with Gasteiger partial charge in [0, 0.05) is 25.9 Å². The van der Waals surface area contributed by atoms with E-state index in [4.69, 9.17) is 28.4 Å². The van der Waals surface area contributed by atoms with Crippen LogP contribution in [0.2, 0.25) is 0 Å². The van der Waals surface area contributed by atoms with E-state index in [0.717, 1.165) is 17.3 Å². The summed E-state index contributed by atoms with van der Waals surface area (Å²) in [5.74, 6) is -2.75. The molecule has 7 rings (SSSR count). The molecular formula is C27H33BrO9. The highest BCUT2D eigenvalue weighted by Crippen LogP contribution is 2.60. The highest BCUT2D eigenvalue weighted by Gasteiger charge is 2.77. The predicted molar refractivity (Wildman–Crippen MR) is 133 cm³/mol. The van der Waals surface area contributed by atoms with Crippen molar-refractivity contribution in [3.63, 3.8) is 0 Å². The summed E-state index contributed by atoms with van der Waals surface area (Å²) >= 11 is 3.40. The van der Waals surface area contributed by atoms with Gasteiger partial charge in [-0.3, -0.25) is 0 Å². The van der Waals surface area contributed by atoms with Gasteiger partial charge in [-0.15, -0.1) is 0 Å². The Hall–Kier alpha value is -1.37. The summed E-state index contributed by atoms with van der Waals surface area (Å²) in [4.78, 5) is 12.7. The summed E-state index contributed by atoms with van der Waals surface area (Å²) in [6, 6.07) is 8.87. The first-order chi connectivity index (χ1) is 17.8. The van der Waals surface area contributed by atoms with Gasteiger partial charge < -0.3 is 38.6 Å². The molecule has 37 heavy (non-hydrogen) atoms. The summed E-state index contributed by atoms with van der Waals surface area (Å²) in [6.07, 6.45) is 0.182. The highest BCUT2D eigenvalue weighted by atomic mass is 79.9. The van der Waals surface area contributed by atoms with Gasteiger partial charge in [0.1, 0.15) is 30.5 Å². The zero-order chi connectivity index (χ0) is 25.8. The lowest BCUT2D eigenvalue weighted by Crippen LogP contribution is -2.73. The number of rotatable bonds is 9. The smallest absolute Gasteiger partial charge is 0.338 e. The molecule has 2 N–H and O–H groups in total. The van der Waals surface area contributed by atoms with Crippen molar-refractivity contribution in [1.29, 1.82) is 0 Å². The molecule has 1 aromatic carbocycles. The third kappa shape index (κ3) is 4.59. The van der Waals surface area contributed by atoms with E-state index in [1.54, 1.807) is 24.3 Å². The number of hydrogen-bond donors (Lipinski definition) is 2. The number of benzene rings is 1. The van der Waals surface area contributed by atoms with Crippen LogP contribution in [0.15, 0.2) is 41.4 Å². The lowest BCUT2D eigenvalue weighted by atomic mass is 9.85. The number of carbonyl (C=O) groups excluding carboxylic acids is 1. The fourth-order valence-electron chi connectivity index (χ4n) is 6.53. The standard InChI is InChI=1S/C27H33BrO9/c1-15(28)13-18(33-25(31)16-5-3-2-4-6-16)9-11-26-14-20-22(36-26)24-27(35-20,37-26)23(30)21-19(34-24)8-7-17(32-21)10-12-29/h2-6,17-24,29-30H,1,7-14H2/t17?,18-,19+,20-,21+,22+,23+,24+,26+,27?/m1/s1. The van der Waals surface area contributed by atoms with Gasteiger partial charge in [0.15, 0.2) is 5.79 Å². The van der Waals surface area contributed by atoms with Crippen molar-refractivity contribution >= 4 is 21.9 Å². The van der Waals surface area contributed by atoms with Gasteiger partial charge in [0.05, 0.1) is 23.9 Å². The largest absolute Gasteiger partial charge is 0.458 e. The normalized spacial score (nSPS) is 42.2. The molecular weight excluding hydrogens is 548 g/mol. The van der Waals surface area contributed by atoms with Gasteiger partial charge in [-0.2, -0.15) is 0 Å². The Labute approximate surface area is 224 Å². The molecule has 6 aliphatic rings. The number of ether oxygens (including phenoxy) is 6. The molecule has 10 heteroatoms. The Morgan fingerprint density at radius 2 is 1.97 bits per heavy atom. The molecule has 0 radical (unpaired) electrons. The van der Waals surface area contributed by atoms with Crippen LogP contribution in [0.1, 0.15) is 55.3 Å². The third-order valence-corrected chi connectivity index (χ3v) is 8.49. The molecule has 9 nitrogen and oxygen atoms in total. The number of hydrogen-bond acceptors (Lipinski definition) is 9. The topological polar surface area (TPSA) is 113 Å². The number of halogens is 1. The molecule has 0 amide bonds. The van der Waals surface area contributed by atoms with Crippen LogP contribution in [0.25, 0.3) is 0 Å². The Balaban J connectivity index is 1.16. The van der Waals surface area contributed by atoms with Crippen LogP contribution in [-0.2, 0) is 28.4 Å². The van der Waals surface area contributed by atoms with Gasteiger partial charge in [0.2, 0.25) is 5.79 Å². The second-order valence-corrected chi connectivity index (χ2v) is 11.8. The van der Waals surface area contributed by atoms with Crippen LogP contribution in [-0.4, -0.2) is 83.2 Å². The second kappa shape index (κ2) is 9.98. The summed E-state index contributed by atoms with van der Waals surface area (Å²) in [5.41, 5.74) is 0.484. The van der Waals surface area contributed by atoms with E-state index in [0.29, 0.717) is 37.7 Å². The van der Waals surface area contributed by atoms with E-state index in [1.807, 2.05) is 6.07 Å². The quantitative estimate of drug-likeness (QED) is 0.425. The third-order valence-electron chi connectivity index (χ3n) is 8.17. The Morgan fingerprint density at radius 3 is 2.73 bits per heavy atom. The van der Waals surface area contributed by atoms with E-state index in [1.165, 1.54) is 0 Å². The number of carbonyl (C=O) groups is 1. The first-order valence-electron chi connectivity index (χ1n) is 13.1. The van der Waals surface area contributed by atoms with Crippen LogP contribution in [0, 0.1) is 0 Å². The molecule has 6 heterocycles. The van der Waals surface area contributed by atoms with E-state index in [-0.39, 0.29) is 31.0 Å². The van der Waals surface area contributed by atoms with Crippen molar-refractivity contribution < 1.29 is 43.4 Å². The average molecular weight is 581 g/mol.